The number of rotatable bonds is 4. The second-order valence-electron chi connectivity index (χ2n) is 6.35. The highest BCUT2D eigenvalue weighted by Crippen LogP contribution is 2.38. The molecule has 2 nitrogen and oxygen atoms in total. The maximum Gasteiger partial charge on any atom is 0.123 e. The number of hydrogen-bond acceptors (Lipinski definition) is 3. The van der Waals surface area contributed by atoms with E-state index in [0.29, 0.717) is 12.0 Å². The first-order chi connectivity index (χ1) is 10.1. The average Bonchev–Trinajstić information content (AvgIpc) is 2.90. The fourth-order valence-electron chi connectivity index (χ4n) is 2.90. The summed E-state index contributed by atoms with van der Waals surface area (Å²) in [6.07, 6.45) is 3.77. The number of aromatic nitrogens is 1. The first-order valence-electron chi connectivity index (χ1n) is 7.93. The van der Waals surface area contributed by atoms with Crippen LogP contribution >= 0.6 is 11.3 Å². The zero-order chi connectivity index (χ0) is 14.8. The maximum atomic E-state index is 4.99. The summed E-state index contributed by atoms with van der Waals surface area (Å²) in [7, 11) is 0. The number of nitrogens with zero attached hydrogens (tertiary/aromatic N) is 1. The van der Waals surface area contributed by atoms with Gasteiger partial charge in [-0.2, -0.15) is 0 Å². The Bertz CT molecular complexity index is 598. The van der Waals surface area contributed by atoms with Crippen molar-refractivity contribution in [3.8, 4) is 10.6 Å². The smallest absolute Gasteiger partial charge is 0.123 e. The summed E-state index contributed by atoms with van der Waals surface area (Å²) in [4.78, 5) is 6.50. The molecule has 1 aromatic carbocycles. The van der Waals surface area contributed by atoms with Gasteiger partial charge in [0.15, 0.2) is 0 Å². The Kier molecular flexibility index (Phi) is 4.41. The lowest BCUT2D eigenvalue weighted by atomic mass is 9.91. The fraction of sp³-hybridized carbons (Fsp3) is 0.500. The molecule has 0 radical (unpaired) electrons. The quantitative estimate of drug-likeness (QED) is 0.897. The standard InChI is InChI=1S/C18H24N2S/c1-12(2)19-11-15-5-4-6-16-17(15)20-18(21-16)14-9-7-13(3)8-10-14/h7-10,12,15,19H,4-6,11H2,1-3H3. The number of benzene rings is 1. The van der Waals surface area contributed by atoms with E-state index in [1.807, 2.05) is 11.3 Å². The van der Waals surface area contributed by atoms with Crippen LogP contribution in [0.15, 0.2) is 24.3 Å². The van der Waals surface area contributed by atoms with Crippen molar-refractivity contribution in [2.45, 2.75) is 52.0 Å². The van der Waals surface area contributed by atoms with E-state index < -0.39 is 0 Å². The molecular weight excluding hydrogens is 276 g/mol. The molecule has 3 rings (SSSR count). The third kappa shape index (κ3) is 3.35. The lowest BCUT2D eigenvalue weighted by molar-refractivity contribution is 0.475. The predicted molar refractivity (Wildman–Crippen MR) is 91.1 cm³/mol. The van der Waals surface area contributed by atoms with Crippen LogP contribution in [0, 0.1) is 6.92 Å². The van der Waals surface area contributed by atoms with Gasteiger partial charge in [-0.1, -0.05) is 43.7 Å². The van der Waals surface area contributed by atoms with Crippen molar-refractivity contribution < 1.29 is 0 Å². The Morgan fingerprint density at radius 3 is 2.76 bits per heavy atom. The van der Waals surface area contributed by atoms with Crippen LogP contribution in [-0.4, -0.2) is 17.6 Å². The molecule has 0 saturated carbocycles. The minimum absolute atomic E-state index is 0.547. The van der Waals surface area contributed by atoms with E-state index in [1.54, 1.807) is 0 Å². The molecule has 21 heavy (non-hydrogen) atoms. The van der Waals surface area contributed by atoms with Crippen molar-refractivity contribution in [1.82, 2.24) is 10.3 Å². The van der Waals surface area contributed by atoms with E-state index in [0.717, 1.165) is 6.54 Å². The number of nitrogens with one attached hydrogen (secondary N) is 1. The number of fused-ring (bicyclic) bond motifs is 1. The number of hydrogen-bond donors (Lipinski definition) is 1. The SMILES string of the molecule is Cc1ccc(-c2nc3c(s2)CCCC3CNC(C)C)cc1. The zero-order valence-electron chi connectivity index (χ0n) is 13.1. The molecule has 1 unspecified atom stereocenters. The van der Waals surface area contributed by atoms with Crippen molar-refractivity contribution in [2.75, 3.05) is 6.54 Å². The first kappa shape index (κ1) is 14.7. The van der Waals surface area contributed by atoms with E-state index in [2.05, 4.69) is 50.4 Å². The van der Waals surface area contributed by atoms with Crippen LogP contribution in [0.2, 0.25) is 0 Å². The summed E-state index contributed by atoms with van der Waals surface area (Å²) < 4.78 is 0. The van der Waals surface area contributed by atoms with Gasteiger partial charge in [-0.3, -0.25) is 0 Å². The molecule has 2 aromatic rings. The molecule has 3 heteroatoms. The first-order valence-corrected chi connectivity index (χ1v) is 8.75. The number of aryl methyl sites for hydroxylation is 2. The van der Waals surface area contributed by atoms with Crippen LogP contribution in [0.5, 0.6) is 0 Å². The van der Waals surface area contributed by atoms with Gasteiger partial charge in [0.05, 0.1) is 5.69 Å². The largest absolute Gasteiger partial charge is 0.314 e. The molecule has 0 amide bonds. The highest BCUT2D eigenvalue weighted by atomic mass is 32.1. The van der Waals surface area contributed by atoms with Crippen LogP contribution < -0.4 is 5.32 Å². The third-order valence-electron chi connectivity index (χ3n) is 4.14. The maximum absolute atomic E-state index is 4.99. The topological polar surface area (TPSA) is 24.9 Å². The Morgan fingerprint density at radius 2 is 2.05 bits per heavy atom. The van der Waals surface area contributed by atoms with Crippen LogP contribution in [-0.2, 0) is 6.42 Å². The van der Waals surface area contributed by atoms with Crippen molar-refractivity contribution in [1.29, 1.82) is 0 Å². The van der Waals surface area contributed by atoms with Gasteiger partial charge in [-0.25, -0.2) is 4.98 Å². The molecule has 0 aliphatic heterocycles. The lowest BCUT2D eigenvalue weighted by Gasteiger charge is -2.22. The second-order valence-corrected chi connectivity index (χ2v) is 7.43. The summed E-state index contributed by atoms with van der Waals surface area (Å²) >= 11 is 1.89. The Balaban J connectivity index is 1.85. The van der Waals surface area contributed by atoms with Crippen molar-refractivity contribution in [3.05, 3.63) is 40.4 Å². The monoisotopic (exact) mass is 300 g/mol. The van der Waals surface area contributed by atoms with Gasteiger partial charge in [0.1, 0.15) is 5.01 Å². The van der Waals surface area contributed by atoms with Crippen LogP contribution in [0.25, 0.3) is 10.6 Å². The van der Waals surface area contributed by atoms with Gasteiger partial charge in [-0.05, 0) is 26.2 Å². The van der Waals surface area contributed by atoms with E-state index >= 15 is 0 Å². The van der Waals surface area contributed by atoms with Crippen LogP contribution in [0.3, 0.4) is 0 Å². The van der Waals surface area contributed by atoms with Crippen molar-refractivity contribution in [2.24, 2.45) is 0 Å². The Labute approximate surface area is 131 Å². The van der Waals surface area contributed by atoms with E-state index in [-0.39, 0.29) is 0 Å². The molecule has 1 N–H and O–H groups in total. The molecular formula is C18H24N2S. The molecule has 112 valence electrons. The normalized spacial score (nSPS) is 18.0. The highest BCUT2D eigenvalue weighted by Gasteiger charge is 2.25. The van der Waals surface area contributed by atoms with E-state index in [9.17, 15) is 0 Å². The number of thiazole rings is 1. The van der Waals surface area contributed by atoms with Crippen molar-refractivity contribution in [3.63, 3.8) is 0 Å². The highest BCUT2D eigenvalue weighted by molar-refractivity contribution is 7.15. The predicted octanol–water partition coefficient (Wildman–Crippen LogP) is 4.54. The van der Waals surface area contributed by atoms with Gasteiger partial charge in [0, 0.05) is 28.9 Å². The van der Waals surface area contributed by atoms with Gasteiger partial charge in [-0.15, -0.1) is 11.3 Å². The van der Waals surface area contributed by atoms with Crippen LogP contribution in [0.1, 0.15) is 48.7 Å². The van der Waals surface area contributed by atoms with Gasteiger partial charge >= 0.3 is 0 Å². The van der Waals surface area contributed by atoms with Crippen LogP contribution in [0.4, 0.5) is 0 Å². The van der Waals surface area contributed by atoms with Gasteiger partial charge in [0.2, 0.25) is 0 Å². The minimum atomic E-state index is 0.547. The molecule has 1 atom stereocenters. The Hall–Kier alpha value is -1.19. The summed E-state index contributed by atoms with van der Waals surface area (Å²) in [5.74, 6) is 0.589. The summed E-state index contributed by atoms with van der Waals surface area (Å²) in [6, 6.07) is 9.29. The van der Waals surface area contributed by atoms with E-state index in [1.165, 1.54) is 46.0 Å². The third-order valence-corrected chi connectivity index (χ3v) is 5.32. The molecule has 1 aliphatic carbocycles. The minimum Gasteiger partial charge on any atom is -0.314 e. The molecule has 1 aromatic heterocycles. The Morgan fingerprint density at radius 1 is 1.29 bits per heavy atom. The summed E-state index contributed by atoms with van der Waals surface area (Å²) in [5, 5.41) is 4.77. The lowest BCUT2D eigenvalue weighted by Crippen LogP contribution is -2.29. The van der Waals surface area contributed by atoms with E-state index in [4.69, 9.17) is 4.98 Å². The summed E-state index contributed by atoms with van der Waals surface area (Å²) in [5.41, 5.74) is 3.92. The van der Waals surface area contributed by atoms with Gasteiger partial charge in [0.25, 0.3) is 0 Å². The second kappa shape index (κ2) is 6.29. The van der Waals surface area contributed by atoms with Crippen molar-refractivity contribution >= 4 is 11.3 Å². The molecule has 0 spiro atoms. The molecule has 0 fully saturated rings. The van der Waals surface area contributed by atoms with Gasteiger partial charge < -0.3 is 5.32 Å². The molecule has 1 aliphatic rings. The summed E-state index contributed by atoms with van der Waals surface area (Å²) in [6.45, 7) is 7.61. The average molecular weight is 300 g/mol. The molecule has 0 saturated heterocycles. The molecule has 1 heterocycles. The zero-order valence-corrected chi connectivity index (χ0v) is 14.0. The molecule has 0 bridgehead atoms. The fourth-order valence-corrected chi connectivity index (χ4v) is 4.10.